The van der Waals surface area contributed by atoms with E-state index >= 15 is 0 Å². The fourth-order valence-corrected chi connectivity index (χ4v) is 3.14. The van der Waals surface area contributed by atoms with Gasteiger partial charge in [-0.05, 0) is 18.2 Å². The molecule has 0 aromatic rings. The Hall–Kier alpha value is 0.0900. The summed E-state index contributed by atoms with van der Waals surface area (Å²) in [4.78, 5) is 0. The molecule has 2 unspecified atom stereocenters. The Balaban J connectivity index is 2.25. The zero-order valence-electron chi connectivity index (χ0n) is 7.87. The van der Waals surface area contributed by atoms with Crippen molar-refractivity contribution < 1.29 is 0 Å². The summed E-state index contributed by atoms with van der Waals surface area (Å²) in [6, 6.07) is 2.12. The van der Waals surface area contributed by atoms with Gasteiger partial charge in [-0.25, -0.2) is 0 Å². The highest BCUT2D eigenvalue weighted by molar-refractivity contribution is 8.00. The Morgan fingerprint density at radius 3 is 2.92 bits per heavy atom. The highest BCUT2D eigenvalue weighted by atomic mass is 35.5. The van der Waals surface area contributed by atoms with Crippen molar-refractivity contribution in [1.29, 1.82) is 5.26 Å². The molecule has 1 saturated heterocycles. The first-order valence-corrected chi connectivity index (χ1v) is 6.13. The van der Waals surface area contributed by atoms with Crippen LogP contribution in [0.2, 0.25) is 0 Å². The third-order valence-electron chi connectivity index (χ3n) is 2.22. The molecule has 0 spiro atoms. The van der Waals surface area contributed by atoms with E-state index in [0.717, 1.165) is 12.2 Å². The molecular formula is C9H15ClN2S. The maximum absolute atomic E-state index is 8.74. The summed E-state index contributed by atoms with van der Waals surface area (Å²) in [5.74, 6) is 0.858. The number of thioether (sulfide) groups is 1. The van der Waals surface area contributed by atoms with Crippen LogP contribution in [0.5, 0.6) is 0 Å². The summed E-state index contributed by atoms with van der Waals surface area (Å²) in [7, 11) is 0. The molecule has 1 aliphatic heterocycles. The molecule has 0 aliphatic carbocycles. The van der Waals surface area contributed by atoms with E-state index in [1.807, 2.05) is 0 Å². The molecule has 2 atom stereocenters. The number of unbranched alkanes of at least 4 members (excludes halogenated alkanes) is 2. The number of rotatable bonds is 4. The van der Waals surface area contributed by atoms with Crippen LogP contribution in [-0.4, -0.2) is 21.6 Å². The minimum atomic E-state index is -0.0849. The molecule has 1 fully saturated rings. The first-order valence-electron chi connectivity index (χ1n) is 4.75. The third kappa shape index (κ3) is 3.05. The molecule has 2 nitrogen and oxygen atoms in total. The maximum atomic E-state index is 8.74. The number of nitriles is 1. The summed E-state index contributed by atoms with van der Waals surface area (Å²) in [6.45, 7) is 2.19. The molecule has 1 heterocycles. The van der Waals surface area contributed by atoms with Crippen molar-refractivity contribution in [2.45, 2.75) is 44.0 Å². The van der Waals surface area contributed by atoms with Crippen LogP contribution in [0, 0.1) is 11.3 Å². The normalized spacial score (nSPS) is 29.0. The van der Waals surface area contributed by atoms with Gasteiger partial charge in [-0.15, -0.1) is 11.8 Å². The second-order valence-electron chi connectivity index (χ2n) is 3.27. The van der Waals surface area contributed by atoms with Gasteiger partial charge in [0.25, 0.3) is 0 Å². The van der Waals surface area contributed by atoms with E-state index in [0.29, 0.717) is 5.37 Å². The average Bonchev–Trinajstić information content (AvgIpc) is 2.48. The van der Waals surface area contributed by atoms with Crippen LogP contribution in [-0.2, 0) is 0 Å². The van der Waals surface area contributed by atoms with Crippen LogP contribution in [0.4, 0.5) is 0 Å². The van der Waals surface area contributed by atoms with Gasteiger partial charge in [0.1, 0.15) is 6.04 Å². The van der Waals surface area contributed by atoms with E-state index < -0.39 is 0 Å². The summed E-state index contributed by atoms with van der Waals surface area (Å²) < 4.78 is 1.69. The first-order chi connectivity index (χ1) is 6.29. The summed E-state index contributed by atoms with van der Waals surface area (Å²) >= 11 is 7.82. The molecule has 0 radical (unpaired) electrons. The van der Waals surface area contributed by atoms with Gasteiger partial charge in [0.15, 0.2) is 0 Å². The van der Waals surface area contributed by atoms with Gasteiger partial charge in [0, 0.05) is 5.75 Å². The van der Waals surface area contributed by atoms with Gasteiger partial charge >= 0.3 is 0 Å². The van der Waals surface area contributed by atoms with Crippen molar-refractivity contribution in [3.63, 3.8) is 0 Å². The lowest BCUT2D eigenvalue weighted by atomic mass is 10.2. The minimum absolute atomic E-state index is 0.0849. The standard InChI is InChI=1S/C9H15ClN2S/c1-2-3-4-5-9-12(10)8(6-11)7-13-9/h8-9H,2-5,7H2,1H3. The van der Waals surface area contributed by atoms with Crippen LogP contribution in [0.1, 0.15) is 32.6 Å². The molecule has 0 saturated carbocycles. The Labute approximate surface area is 89.3 Å². The van der Waals surface area contributed by atoms with Crippen molar-refractivity contribution in [3.8, 4) is 6.07 Å². The number of hydrogen-bond acceptors (Lipinski definition) is 3. The number of halogens is 1. The quantitative estimate of drug-likeness (QED) is 0.536. The minimum Gasteiger partial charge on any atom is -0.196 e. The molecule has 0 amide bonds. The smallest absolute Gasteiger partial charge is 0.122 e. The van der Waals surface area contributed by atoms with Gasteiger partial charge in [-0.3, -0.25) is 0 Å². The lowest BCUT2D eigenvalue weighted by Gasteiger charge is -2.16. The summed E-state index contributed by atoms with van der Waals surface area (Å²) in [5, 5.41) is 9.10. The van der Waals surface area contributed by atoms with Crippen molar-refractivity contribution in [2.24, 2.45) is 0 Å². The molecule has 4 heteroatoms. The van der Waals surface area contributed by atoms with Crippen molar-refractivity contribution in [3.05, 3.63) is 0 Å². The van der Waals surface area contributed by atoms with Crippen LogP contribution in [0.15, 0.2) is 0 Å². The van der Waals surface area contributed by atoms with Crippen LogP contribution in [0.3, 0.4) is 0 Å². The zero-order chi connectivity index (χ0) is 9.68. The summed E-state index contributed by atoms with van der Waals surface area (Å²) in [6.07, 6.45) is 4.83. The molecule has 74 valence electrons. The Kier molecular flexibility index (Phi) is 4.93. The molecule has 13 heavy (non-hydrogen) atoms. The van der Waals surface area contributed by atoms with E-state index in [2.05, 4.69) is 13.0 Å². The Morgan fingerprint density at radius 1 is 1.62 bits per heavy atom. The zero-order valence-corrected chi connectivity index (χ0v) is 9.44. The van der Waals surface area contributed by atoms with E-state index in [9.17, 15) is 0 Å². The topological polar surface area (TPSA) is 27.0 Å². The lowest BCUT2D eigenvalue weighted by Crippen LogP contribution is -2.26. The molecule has 0 bridgehead atoms. The fraction of sp³-hybridized carbons (Fsp3) is 0.889. The van der Waals surface area contributed by atoms with Gasteiger partial charge in [0.2, 0.25) is 0 Å². The molecular weight excluding hydrogens is 204 g/mol. The second-order valence-corrected chi connectivity index (χ2v) is 4.87. The van der Waals surface area contributed by atoms with Crippen LogP contribution >= 0.6 is 23.5 Å². The highest BCUT2D eigenvalue weighted by Crippen LogP contribution is 2.33. The predicted molar refractivity (Wildman–Crippen MR) is 57.5 cm³/mol. The van der Waals surface area contributed by atoms with Gasteiger partial charge in [-0.1, -0.05) is 26.2 Å². The fourth-order valence-electron chi connectivity index (χ4n) is 1.41. The van der Waals surface area contributed by atoms with Gasteiger partial charge in [0.05, 0.1) is 11.4 Å². The van der Waals surface area contributed by atoms with E-state index in [-0.39, 0.29) is 6.04 Å². The van der Waals surface area contributed by atoms with Crippen LogP contribution < -0.4 is 0 Å². The van der Waals surface area contributed by atoms with E-state index in [1.165, 1.54) is 19.3 Å². The third-order valence-corrected chi connectivity index (χ3v) is 4.17. The maximum Gasteiger partial charge on any atom is 0.122 e. The predicted octanol–water partition coefficient (Wildman–Crippen LogP) is 2.99. The van der Waals surface area contributed by atoms with Crippen molar-refractivity contribution in [2.75, 3.05) is 5.75 Å². The monoisotopic (exact) mass is 218 g/mol. The largest absolute Gasteiger partial charge is 0.196 e. The Morgan fingerprint density at radius 2 is 2.38 bits per heavy atom. The SMILES string of the molecule is CCCCCC1SCC(C#N)N1Cl. The number of hydrogen-bond donors (Lipinski definition) is 0. The molecule has 1 rings (SSSR count). The van der Waals surface area contributed by atoms with E-state index in [1.54, 1.807) is 16.2 Å². The van der Waals surface area contributed by atoms with Crippen molar-refractivity contribution in [1.82, 2.24) is 4.42 Å². The lowest BCUT2D eigenvalue weighted by molar-refractivity contribution is 0.397. The Bertz CT molecular complexity index is 193. The van der Waals surface area contributed by atoms with Gasteiger partial charge < -0.3 is 0 Å². The van der Waals surface area contributed by atoms with Crippen molar-refractivity contribution >= 4 is 23.5 Å². The highest BCUT2D eigenvalue weighted by Gasteiger charge is 2.32. The average molecular weight is 219 g/mol. The molecule has 1 aliphatic rings. The van der Waals surface area contributed by atoms with Crippen LogP contribution in [0.25, 0.3) is 0 Å². The number of nitrogens with zero attached hydrogens (tertiary/aromatic N) is 2. The second kappa shape index (κ2) is 5.74. The molecule has 0 aromatic carbocycles. The van der Waals surface area contributed by atoms with Gasteiger partial charge in [-0.2, -0.15) is 9.68 Å². The first kappa shape index (κ1) is 11.2. The summed E-state index contributed by atoms with van der Waals surface area (Å²) in [5.41, 5.74) is 0. The van der Waals surface area contributed by atoms with E-state index in [4.69, 9.17) is 17.0 Å². The molecule has 0 aromatic heterocycles. The molecule has 0 N–H and O–H groups in total.